The number of hydrogen-bond acceptors (Lipinski definition) is 3. The Kier molecular flexibility index (Phi) is 3.19. The molecule has 1 aromatic heterocycles. The molecular formula is C15H20N2O2. The fourth-order valence-electron chi connectivity index (χ4n) is 3.09. The molecule has 1 aliphatic carbocycles. The topological polar surface area (TPSA) is 72.0 Å². The highest BCUT2D eigenvalue weighted by Crippen LogP contribution is 2.35. The maximum atomic E-state index is 11.2. The van der Waals surface area contributed by atoms with Gasteiger partial charge in [-0.1, -0.05) is 25.8 Å². The predicted molar refractivity (Wildman–Crippen MR) is 74.9 cm³/mol. The van der Waals surface area contributed by atoms with E-state index in [4.69, 9.17) is 10.2 Å². The van der Waals surface area contributed by atoms with Gasteiger partial charge in [-0.3, -0.25) is 4.98 Å². The third kappa shape index (κ3) is 2.45. The first kappa shape index (κ1) is 12.5. The largest absolute Gasteiger partial charge is 0.417 e. The fourth-order valence-corrected chi connectivity index (χ4v) is 3.09. The van der Waals surface area contributed by atoms with Gasteiger partial charge < -0.3 is 10.2 Å². The average molecular weight is 260 g/mol. The highest BCUT2D eigenvalue weighted by atomic mass is 16.4. The van der Waals surface area contributed by atoms with Crippen molar-refractivity contribution in [2.75, 3.05) is 0 Å². The molecule has 0 bridgehead atoms. The molecule has 4 nitrogen and oxygen atoms in total. The third-order valence-electron chi connectivity index (χ3n) is 4.40. The van der Waals surface area contributed by atoms with E-state index in [0.29, 0.717) is 11.5 Å². The van der Waals surface area contributed by atoms with E-state index in [1.807, 2.05) is 18.2 Å². The number of nitrogens with two attached hydrogens (primary N) is 1. The summed E-state index contributed by atoms with van der Waals surface area (Å²) in [5.74, 6) is 0.958. The molecule has 0 radical (unpaired) electrons. The Labute approximate surface area is 112 Å². The lowest BCUT2D eigenvalue weighted by molar-refractivity contribution is 0.256. The average Bonchev–Trinajstić information content (AvgIpc) is 2.77. The number of hydrogen-bond donors (Lipinski definition) is 2. The summed E-state index contributed by atoms with van der Waals surface area (Å²) in [6, 6.07) is 5.81. The van der Waals surface area contributed by atoms with Crippen molar-refractivity contribution in [3.05, 3.63) is 34.3 Å². The van der Waals surface area contributed by atoms with Crippen LogP contribution in [0.3, 0.4) is 0 Å². The Morgan fingerprint density at radius 2 is 2.05 bits per heavy atom. The molecule has 1 fully saturated rings. The quantitative estimate of drug-likeness (QED) is 0.872. The van der Waals surface area contributed by atoms with Gasteiger partial charge in [-0.05, 0) is 42.4 Å². The van der Waals surface area contributed by atoms with E-state index in [9.17, 15) is 4.79 Å². The van der Waals surface area contributed by atoms with Crippen molar-refractivity contribution in [3.63, 3.8) is 0 Å². The number of benzene rings is 1. The van der Waals surface area contributed by atoms with Crippen molar-refractivity contribution in [2.24, 2.45) is 17.6 Å². The van der Waals surface area contributed by atoms with E-state index in [1.54, 1.807) is 0 Å². The zero-order valence-electron chi connectivity index (χ0n) is 11.2. The van der Waals surface area contributed by atoms with E-state index in [1.165, 1.54) is 25.7 Å². The Balaban J connectivity index is 1.84. The van der Waals surface area contributed by atoms with Crippen LogP contribution in [0.5, 0.6) is 0 Å². The van der Waals surface area contributed by atoms with Crippen molar-refractivity contribution in [1.29, 1.82) is 0 Å². The van der Waals surface area contributed by atoms with Crippen molar-refractivity contribution in [1.82, 2.24) is 4.98 Å². The second kappa shape index (κ2) is 4.85. The minimum absolute atomic E-state index is 0.0390. The Hall–Kier alpha value is -1.55. The summed E-state index contributed by atoms with van der Waals surface area (Å²) in [7, 11) is 0. The summed E-state index contributed by atoms with van der Waals surface area (Å²) >= 11 is 0. The molecule has 4 heteroatoms. The SMILES string of the molecule is CC1CCC(C(N)c2ccc3[nH]c(=O)oc3c2)CC1. The first-order valence-electron chi connectivity index (χ1n) is 7.02. The van der Waals surface area contributed by atoms with Crippen LogP contribution in [0, 0.1) is 11.8 Å². The molecule has 19 heavy (non-hydrogen) atoms. The van der Waals surface area contributed by atoms with E-state index in [-0.39, 0.29) is 6.04 Å². The van der Waals surface area contributed by atoms with Gasteiger partial charge in [-0.15, -0.1) is 0 Å². The molecule has 2 aromatic rings. The van der Waals surface area contributed by atoms with Crippen molar-refractivity contribution in [2.45, 2.75) is 38.6 Å². The van der Waals surface area contributed by atoms with E-state index in [0.717, 1.165) is 17.0 Å². The van der Waals surface area contributed by atoms with Gasteiger partial charge in [-0.2, -0.15) is 0 Å². The number of rotatable bonds is 2. The zero-order chi connectivity index (χ0) is 13.4. The van der Waals surface area contributed by atoms with Crippen molar-refractivity contribution in [3.8, 4) is 0 Å². The van der Waals surface area contributed by atoms with E-state index in [2.05, 4.69) is 11.9 Å². The van der Waals surface area contributed by atoms with Crippen LogP contribution in [0.1, 0.15) is 44.2 Å². The summed E-state index contributed by atoms with van der Waals surface area (Å²) in [6.45, 7) is 2.31. The highest BCUT2D eigenvalue weighted by molar-refractivity contribution is 5.72. The van der Waals surface area contributed by atoms with Crippen molar-refractivity contribution >= 4 is 11.1 Å². The van der Waals surface area contributed by atoms with Gasteiger partial charge in [0, 0.05) is 6.04 Å². The monoisotopic (exact) mass is 260 g/mol. The van der Waals surface area contributed by atoms with Crippen LogP contribution in [-0.4, -0.2) is 4.98 Å². The van der Waals surface area contributed by atoms with Crippen LogP contribution in [0.2, 0.25) is 0 Å². The van der Waals surface area contributed by atoms with Crippen LogP contribution < -0.4 is 11.5 Å². The number of aromatic amines is 1. The Morgan fingerprint density at radius 1 is 1.32 bits per heavy atom. The van der Waals surface area contributed by atoms with Gasteiger partial charge in [0.1, 0.15) is 0 Å². The lowest BCUT2D eigenvalue weighted by Gasteiger charge is -2.30. The molecule has 102 valence electrons. The molecule has 0 amide bonds. The molecule has 1 heterocycles. The van der Waals surface area contributed by atoms with Gasteiger partial charge in [0.25, 0.3) is 0 Å². The normalized spacial score (nSPS) is 25.6. The molecule has 1 unspecified atom stereocenters. The van der Waals surface area contributed by atoms with Gasteiger partial charge >= 0.3 is 5.76 Å². The molecule has 0 aliphatic heterocycles. The first-order valence-corrected chi connectivity index (χ1v) is 7.02. The van der Waals surface area contributed by atoms with Crippen LogP contribution in [0.4, 0.5) is 0 Å². The summed E-state index contributed by atoms with van der Waals surface area (Å²) in [4.78, 5) is 13.8. The lowest BCUT2D eigenvalue weighted by atomic mass is 9.77. The maximum Gasteiger partial charge on any atom is 0.417 e. The second-order valence-corrected chi connectivity index (χ2v) is 5.82. The molecule has 1 aliphatic rings. The lowest BCUT2D eigenvalue weighted by Crippen LogP contribution is -2.25. The zero-order valence-corrected chi connectivity index (χ0v) is 11.2. The molecule has 1 atom stereocenters. The van der Waals surface area contributed by atoms with Gasteiger partial charge in [0.05, 0.1) is 5.52 Å². The first-order chi connectivity index (χ1) is 9.13. The molecule has 0 saturated heterocycles. The summed E-state index contributed by atoms with van der Waals surface area (Å²) in [5, 5.41) is 0. The van der Waals surface area contributed by atoms with Crippen LogP contribution in [0.15, 0.2) is 27.4 Å². The van der Waals surface area contributed by atoms with Crippen LogP contribution >= 0.6 is 0 Å². The predicted octanol–water partition coefficient (Wildman–Crippen LogP) is 2.95. The van der Waals surface area contributed by atoms with Crippen LogP contribution in [-0.2, 0) is 0 Å². The molecule has 1 aromatic carbocycles. The molecule has 1 saturated carbocycles. The number of oxazole rings is 1. The standard InChI is InChI=1S/C15H20N2O2/c1-9-2-4-10(5-3-9)14(16)11-6-7-12-13(8-11)19-15(18)17-12/h6-10,14H,2-5,16H2,1H3,(H,17,18). The van der Waals surface area contributed by atoms with E-state index < -0.39 is 5.76 Å². The molecule has 0 spiro atoms. The van der Waals surface area contributed by atoms with Gasteiger partial charge in [0.15, 0.2) is 5.58 Å². The summed E-state index contributed by atoms with van der Waals surface area (Å²) in [5.41, 5.74) is 8.78. The van der Waals surface area contributed by atoms with Gasteiger partial charge in [-0.25, -0.2) is 4.79 Å². The Morgan fingerprint density at radius 3 is 2.79 bits per heavy atom. The van der Waals surface area contributed by atoms with Crippen molar-refractivity contribution < 1.29 is 4.42 Å². The summed E-state index contributed by atoms with van der Waals surface area (Å²) in [6.07, 6.45) is 4.91. The molecule has 3 N–H and O–H groups in total. The summed E-state index contributed by atoms with van der Waals surface area (Å²) < 4.78 is 5.10. The minimum atomic E-state index is -0.410. The number of fused-ring (bicyclic) bond motifs is 1. The van der Waals surface area contributed by atoms with Gasteiger partial charge in [0.2, 0.25) is 0 Å². The fraction of sp³-hybridized carbons (Fsp3) is 0.533. The third-order valence-corrected chi connectivity index (χ3v) is 4.40. The van der Waals surface area contributed by atoms with E-state index >= 15 is 0 Å². The smallest absolute Gasteiger partial charge is 0.408 e. The second-order valence-electron chi connectivity index (χ2n) is 5.82. The Bertz CT molecular complexity index is 620. The number of nitrogens with one attached hydrogen (secondary N) is 1. The minimum Gasteiger partial charge on any atom is -0.408 e. The maximum absolute atomic E-state index is 11.2. The molecular weight excluding hydrogens is 240 g/mol. The number of H-pyrrole nitrogens is 1. The molecule has 3 rings (SSSR count). The number of aromatic nitrogens is 1. The highest BCUT2D eigenvalue weighted by Gasteiger charge is 2.25. The van der Waals surface area contributed by atoms with Crippen LogP contribution in [0.25, 0.3) is 11.1 Å².